The Hall–Kier alpha value is -0.130. The van der Waals surface area contributed by atoms with Crippen molar-refractivity contribution in [2.45, 2.75) is 0 Å². The minimum atomic E-state index is -2.40. The zero-order valence-electron chi connectivity index (χ0n) is 3.98. The number of hydrogen-bond acceptors (Lipinski definition) is 2. The van der Waals surface area contributed by atoms with E-state index < -0.39 is 20.6 Å². The molecule has 1 heterocycles. The molecule has 1 rings (SSSR count). The van der Waals surface area contributed by atoms with Crippen LogP contribution in [0.4, 0.5) is 0 Å². The second kappa shape index (κ2) is 1.93. The van der Waals surface area contributed by atoms with Crippen LogP contribution in [0.1, 0.15) is 0 Å². The Labute approximate surface area is 61.5 Å². The van der Waals surface area contributed by atoms with Crippen molar-refractivity contribution in [3.05, 3.63) is 0 Å². The SMILES string of the molecule is O=C1NS(Cl)(Cl)NC1=O. The highest BCUT2D eigenvalue weighted by atomic mass is 36.0. The van der Waals surface area contributed by atoms with Gasteiger partial charge in [-0.3, -0.25) is 19.0 Å². The number of amides is 2. The molecule has 0 bridgehead atoms. The second-order valence-electron chi connectivity index (χ2n) is 1.33. The molecule has 0 unspecified atom stereocenters. The average Bonchev–Trinajstić information content (AvgIpc) is 1.79. The van der Waals surface area contributed by atoms with Gasteiger partial charge in [0.15, 0.2) is 0 Å². The number of halogens is 2. The third-order valence-corrected chi connectivity index (χ3v) is 2.46. The maximum atomic E-state index is 10.3. The van der Waals surface area contributed by atoms with Crippen LogP contribution in [0.5, 0.6) is 0 Å². The Morgan fingerprint density at radius 3 is 1.56 bits per heavy atom. The van der Waals surface area contributed by atoms with Crippen LogP contribution in [0, 0.1) is 0 Å². The smallest absolute Gasteiger partial charge is 0.270 e. The van der Waals surface area contributed by atoms with Gasteiger partial charge in [-0.2, -0.15) is 0 Å². The van der Waals surface area contributed by atoms with Crippen LogP contribution in [-0.2, 0) is 9.59 Å². The summed E-state index contributed by atoms with van der Waals surface area (Å²) in [6, 6.07) is 0. The summed E-state index contributed by atoms with van der Waals surface area (Å²) in [4.78, 5) is 20.6. The van der Waals surface area contributed by atoms with Crippen LogP contribution in [0.2, 0.25) is 0 Å². The van der Waals surface area contributed by atoms with E-state index in [0.29, 0.717) is 0 Å². The third-order valence-electron chi connectivity index (χ3n) is 0.648. The van der Waals surface area contributed by atoms with Gasteiger partial charge in [-0.1, -0.05) is 0 Å². The molecule has 0 atom stereocenters. The summed E-state index contributed by atoms with van der Waals surface area (Å²) in [5.41, 5.74) is 0. The van der Waals surface area contributed by atoms with Crippen LogP contribution in [0.25, 0.3) is 0 Å². The summed E-state index contributed by atoms with van der Waals surface area (Å²) in [6.07, 6.45) is 0. The van der Waals surface area contributed by atoms with Gasteiger partial charge >= 0.3 is 11.8 Å². The topological polar surface area (TPSA) is 58.2 Å². The van der Waals surface area contributed by atoms with Crippen LogP contribution in [0.3, 0.4) is 0 Å². The molecular formula is C2H2Cl2N2O2S. The Balaban J connectivity index is 2.76. The van der Waals surface area contributed by atoms with Crippen LogP contribution < -0.4 is 9.44 Å². The maximum Gasteiger partial charge on any atom is 0.321 e. The van der Waals surface area contributed by atoms with Gasteiger partial charge < -0.3 is 0 Å². The van der Waals surface area contributed by atoms with E-state index in [0.717, 1.165) is 0 Å². The molecule has 2 N–H and O–H groups in total. The largest absolute Gasteiger partial charge is 0.321 e. The Kier molecular flexibility index (Phi) is 1.50. The quantitative estimate of drug-likeness (QED) is 0.533. The number of hydrogen-bond donors (Lipinski definition) is 2. The Morgan fingerprint density at radius 2 is 1.44 bits per heavy atom. The van der Waals surface area contributed by atoms with Gasteiger partial charge in [0.05, 0.1) is 8.83 Å². The molecule has 0 aromatic heterocycles. The van der Waals surface area contributed by atoms with Gasteiger partial charge in [0.25, 0.3) is 0 Å². The molecule has 0 spiro atoms. The van der Waals surface area contributed by atoms with Gasteiger partial charge in [0.2, 0.25) is 0 Å². The monoisotopic (exact) mass is 188 g/mol. The maximum absolute atomic E-state index is 10.3. The van der Waals surface area contributed by atoms with Gasteiger partial charge in [-0.25, -0.2) is 0 Å². The predicted molar refractivity (Wildman–Crippen MR) is 35.6 cm³/mol. The van der Waals surface area contributed by atoms with Crippen molar-refractivity contribution in [1.29, 1.82) is 0 Å². The zero-order chi connectivity index (χ0) is 7.07. The predicted octanol–water partition coefficient (Wildman–Crippen LogP) is 0.175. The van der Waals surface area contributed by atoms with Crippen molar-refractivity contribution in [3.63, 3.8) is 0 Å². The van der Waals surface area contributed by atoms with Crippen molar-refractivity contribution in [3.8, 4) is 0 Å². The molecule has 1 aliphatic rings. The number of carbonyl (C=O) groups is 2. The lowest BCUT2D eigenvalue weighted by Crippen LogP contribution is -2.19. The van der Waals surface area contributed by atoms with E-state index >= 15 is 0 Å². The van der Waals surface area contributed by atoms with E-state index in [-0.39, 0.29) is 0 Å². The molecular weight excluding hydrogens is 187 g/mol. The fraction of sp³-hybridized carbons (Fsp3) is 0. The molecule has 2 amide bonds. The summed E-state index contributed by atoms with van der Waals surface area (Å²) >= 11 is 0. The van der Waals surface area contributed by atoms with Gasteiger partial charge in [-0.15, -0.1) is 0 Å². The van der Waals surface area contributed by atoms with Crippen molar-refractivity contribution in [2.24, 2.45) is 0 Å². The highest BCUT2D eigenvalue weighted by molar-refractivity contribution is 8.64. The van der Waals surface area contributed by atoms with Crippen molar-refractivity contribution in [1.82, 2.24) is 9.44 Å². The van der Waals surface area contributed by atoms with Gasteiger partial charge in [-0.05, 0) is 21.4 Å². The van der Waals surface area contributed by atoms with Crippen molar-refractivity contribution in [2.75, 3.05) is 0 Å². The minimum Gasteiger partial charge on any atom is -0.270 e. The first-order valence-electron chi connectivity index (χ1n) is 1.88. The molecule has 7 heteroatoms. The van der Waals surface area contributed by atoms with E-state index in [4.69, 9.17) is 21.4 Å². The number of carbonyl (C=O) groups excluding carboxylic acids is 2. The molecule has 4 nitrogen and oxygen atoms in total. The molecule has 0 aromatic rings. The normalized spacial score (nSPS) is 26.9. The Bertz CT molecular complexity index is 163. The van der Waals surface area contributed by atoms with Gasteiger partial charge in [0.1, 0.15) is 0 Å². The lowest BCUT2D eigenvalue weighted by Gasteiger charge is -2.14. The summed E-state index contributed by atoms with van der Waals surface area (Å²) in [6.45, 7) is 0. The first kappa shape index (κ1) is 6.98. The summed E-state index contributed by atoms with van der Waals surface area (Å²) in [5.74, 6) is -1.56. The lowest BCUT2D eigenvalue weighted by molar-refractivity contribution is -0.135. The van der Waals surface area contributed by atoms with Crippen molar-refractivity contribution < 1.29 is 9.59 Å². The van der Waals surface area contributed by atoms with E-state index in [2.05, 4.69) is 9.44 Å². The van der Waals surface area contributed by atoms with Crippen LogP contribution in [-0.4, -0.2) is 11.8 Å². The summed E-state index contributed by atoms with van der Waals surface area (Å²) in [5, 5.41) is 0. The molecule has 1 saturated heterocycles. The molecule has 0 aliphatic carbocycles. The van der Waals surface area contributed by atoms with Gasteiger partial charge in [0, 0.05) is 0 Å². The standard InChI is InChI=1S/C2H2Cl2N2O2S/c3-9(4)5-1(7)2(8)6-9/h(H,5,7)(H,6,8). The first-order chi connectivity index (χ1) is 4.01. The number of nitrogens with one attached hydrogen (secondary N) is 2. The third kappa shape index (κ3) is 1.41. The summed E-state index contributed by atoms with van der Waals surface area (Å²) < 4.78 is 4.11. The number of rotatable bonds is 0. The second-order valence-corrected chi connectivity index (χ2v) is 5.93. The van der Waals surface area contributed by atoms with E-state index in [9.17, 15) is 9.59 Å². The zero-order valence-corrected chi connectivity index (χ0v) is 6.31. The average molecular weight is 189 g/mol. The minimum absolute atomic E-state index is 0.782. The van der Waals surface area contributed by atoms with Crippen LogP contribution in [0.15, 0.2) is 0 Å². The molecule has 0 saturated carbocycles. The molecule has 0 aromatic carbocycles. The van der Waals surface area contributed by atoms with Crippen LogP contribution >= 0.6 is 30.2 Å². The highest BCUT2D eigenvalue weighted by Gasteiger charge is 2.35. The molecule has 1 aliphatic heterocycles. The molecule has 52 valence electrons. The first-order valence-corrected chi connectivity index (χ1v) is 5.16. The summed E-state index contributed by atoms with van der Waals surface area (Å²) in [7, 11) is 8.29. The molecule has 1 fully saturated rings. The van der Waals surface area contributed by atoms with E-state index in [1.165, 1.54) is 0 Å². The molecule has 9 heavy (non-hydrogen) atoms. The Morgan fingerprint density at radius 1 is 1.11 bits per heavy atom. The van der Waals surface area contributed by atoms with E-state index in [1.54, 1.807) is 0 Å². The lowest BCUT2D eigenvalue weighted by atomic mass is 10.6. The fourth-order valence-electron chi connectivity index (χ4n) is 0.351. The molecule has 0 radical (unpaired) electrons. The fourth-order valence-corrected chi connectivity index (χ4v) is 1.89. The van der Waals surface area contributed by atoms with E-state index in [1.807, 2.05) is 0 Å². The highest BCUT2D eigenvalue weighted by Crippen LogP contribution is 2.52. The van der Waals surface area contributed by atoms with Crippen molar-refractivity contribution >= 4 is 42.0 Å².